The molecule has 2 aromatic rings. The van der Waals surface area contributed by atoms with E-state index >= 15 is 0 Å². The summed E-state index contributed by atoms with van der Waals surface area (Å²) in [6.07, 6.45) is 4.48. The van der Waals surface area contributed by atoms with Gasteiger partial charge in [0.1, 0.15) is 0 Å². The molecule has 0 radical (unpaired) electrons. The van der Waals surface area contributed by atoms with Gasteiger partial charge in [0.25, 0.3) is 0 Å². The number of nitrogens with zero attached hydrogens (tertiary/aromatic N) is 3. The third-order valence-corrected chi connectivity index (χ3v) is 3.21. The Balaban J connectivity index is 0.00000312. The molecule has 0 aliphatic heterocycles. The Morgan fingerprint density at radius 1 is 1.08 bits per heavy atom. The van der Waals surface area contributed by atoms with Crippen LogP contribution in [0.2, 0.25) is 0 Å². The molecule has 0 spiro atoms. The molecule has 6 nitrogen and oxygen atoms in total. The summed E-state index contributed by atoms with van der Waals surface area (Å²) in [6, 6.07) is 9.75. The number of aliphatic imine (C=N–C) groups is 1. The van der Waals surface area contributed by atoms with Crippen LogP contribution in [0.1, 0.15) is 31.5 Å². The van der Waals surface area contributed by atoms with E-state index in [2.05, 4.69) is 32.5 Å². The first-order valence-electron chi connectivity index (χ1n) is 8.32. The molecule has 0 aromatic carbocycles. The standard InChI is InChI=1S/C18H25N5O.HI/c1-3-12-24-17-15(8-7-11-21-17)13-22-18(19-4-2)23-14-16-9-5-6-10-20-16;/h5-11H,3-4,12-14H2,1-2H3,(H2,19,22,23);1H. The van der Waals surface area contributed by atoms with E-state index in [0.717, 1.165) is 30.2 Å². The van der Waals surface area contributed by atoms with Gasteiger partial charge in [-0.25, -0.2) is 9.98 Å². The monoisotopic (exact) mass is 455 g/mol. The molecular weight excluding hydrogens is 429 g/mol. The minimum Gasteiger partial charge on any atom is -0.477 e. The van der Waals surface area contributed by atoms with E-state index in [9.17, 15) is 0 Å². The van der Waals surface area contributed by atoms with Gasteiger partial charge >= 0.3 is 0 Å². The Morgan fingerprint density at radius 3 is 2.64 bits per heavy atom. The maximum absolute atomic E-state index is 5.68. The summed E-state index contributed by atoms with van der Waals surface area (Å²) in [4.78, 5) is 13.2. The number of halogens is 1. The van der Waals surface area contributed by atoms with Gasteiger partial charge in [0.05, 0.1) is 25.4 Å². The van der Waals surface area contributed by atoms with E-state index in [1.165, 1.54) is 0 Å². The van der Waals surface area contributed by atoms with Gasteiger partial charge in [-0.2, -0.15) is 0 Å². The zero-order valence-corrected chi connectivity index (χ0v) is 17.1. The Bertz CT molecular complexity index is 636. The second-order valence-corrected chi connectivity index (χ2v) is 5.19. The number of rotatable bonds is 8. The highest BCUT2D eigenvalue weighted by molar-refractivity contribution is 14.0. The molecule has 136 valence electrons. The fourth-order valence-electron chi connectivity index (χ4n) is 2.06. The summed E-state index contributed by atoms with van der Waals surface area (Å²) in [6.45, 7) is 6.69. The minimum absolute atomic E-state index is 0. The topological polar surface area (TPSA) is 71.4 Å². The van der Waals surface area contributed by atoms with Crippen LogP contribution in [0.4, 0.5) is 0 Å². The van der Waals surface area contributed by atoms with Gasteiger partial charge in [-0.1, -0.05) is 19.1 Å². The Labute approximate surface area is 166 Å². The van der Waals surface area contributed by atoms with Crippen molar-refractivity contribution in [1.29, 1.82) is 0 Å². The second-order valence-electron chi connectivity index (χ2n) is 5.19. The van der Waals surface area contributed by atoms with E-state index in [1.807, 2.05) is 37.3 Å². The fourth-order valence-corrected chi connectivity index (χ4v) is 2.06. The van der Waals surface area contributed by atoms with Crippen molar-refractivity contribution < 1.29 is 4.74 Å². The molecule has 7 heteroatoms. The van der Waals surface area contributed by atoms with Crippen molar-refractivity contribution in [2.75, 3.05) is 13.2 Å². The van der Waals surface area contributed by atoms with Crippen LogP contribution in [0.5, 0.6) is 5.88 Å². The maximum atomic E-state index is 5.68. The molecule has 0 saturated carbocycles. The largest absolute Gasteiger partial charge is 0.477 e. The molecule has 0 atom stereocenters. The molecule has 0 unspecified atom stereocenters. The molecule has 0 amide bonds. The van der Waals surface area contributed by atoms with Crippen molar-refractivity contribution in [2.45, 2.75) is 33.4 Å². The molecule has 25 heavy (non-hydrogen) atoms. The highest BCUT2D eigenvalue weighted by atomic mass is 127. The number of hydrogen-bond acceptors (Lipinski definition) is 4. The van der Waals surface area contributed by atoms with Crippen molar-refractivity contribution in [1.82, 2.24) is 20.6 Å². The van der Waals surface area contributed by atoms with Crippen LogP contribution in [0.3, 0.4) is 0 Å². The summed E-state index contributed by atoms with van der Waals surface area (Å²) in [5, 5.41) is 6.52. The molecule has 2 rings (SSSR count). The van der Waals surface area contributed by atoms with E-state index in [4.69, 9.17) is 4.74 Å². The lowest BCUT2D eigenvalue weighted by atomic mass is 10.3. The number of aromatic nitrogens is 2. The summed E-state index contributed by atoms with van der Waals surface area (Å²) < 4.78 is 5.68. The van der Waals surface area contributed by atoms with Gasteiger partial charge in [-0.15, -0.1) is 24.0 Å². The second kappa shape index (κ2) is 12.5. The summed E-state index contributed by atoms with van der Waals surface area (Å²) in [7, 11) is 0. The van der Waals surface area contributed by atoms with Gasteiger partial charge in [0.15, 0.2) is 5.96 Å². The van der Waals surface area contributed by atoms with E-state index < -0.39 is 0 Å². The lowest BCUT2D eigenvalue weighted by Gasteiger charge is -2.12. The van der Waals surface area contributed by atoms with Crippen molar-refractivity contribution in [3.05, 3.63) is 54.0 Å². The Kier molecular flexibility index (Phi) is 10.5. The normalized spacial score (nSPS) is 10.7. The molecule has 2 N–H and O–H groups in total. The number of nitrogens with one attached hydrogen (secondary N) is 2. The smallest absolute Gasteiger partial charge is 0.218 e. The molecule has 0 aliphatic carbocycles. The fraction of sp³-hybridized carbons (Fsp3) is 0.389. The molecule has 0 fully saturated rings. The van der Waals surface area contributed by atoms with Gasteiger partial charge in [0.2, 0.25) is 5.88 Å². The maximum Gasteiger partial charge on any atom is 0.218 e. The zero-order chi connectivity index (χ0) is 17.0. The number of hydrogen-bond donors (Lipinski definition) is 2. The molecule has 2 aromatic heterocycles. The molecule has 0 bridgehead atoms. The molecule has 0 aliphatic rings. The first-order valence-corrected chi connectivity index (χ1v) is 8.32. The van der Waals surface area contributed by atoms with Gasteiger partial charge in [0, 0.05) is 24.5 Å². The molecule has 0 saturated heterocycles. The van der Waals surface area contributed by atoms with Crippen LogP contribution in [0, 0.1) is 0 Å². The molecular formula is C18H26IN5O. The highest BCUT2D eigenvalue weighted by Crippen LogP contribution is 2.15. The third-order valence-electron chi connectivity index (χ3n) is 3.21. The quantitative estimate of drug-likeness (QED) is 0.364. The van der Waals surface area contributed by atoms with Crippen molar-refractivity contribution in [2.24, 2.45) is 4.99 Å². The Hall–Kier alpha value is -1.90. The summed E-state index contributed by atoms with van der Waals surface area (Å²) in [5.74, 6) is 1.40. The Morgan fingerprint density at radius 2 is 1.92 bits per heavy atom. The number of pyridine rings is 2. The van der Waals surface area contributed by atoms with Gasteiger partial charge < -0.3 is 15.4 Å². The minimum atomic E-state index is 0. The van der Waals surface area contributed by atoms with Crippen molar-refractivity contribution >= 4 is 29.9 Å². The van der Waals surface area contributed by atoms with Crippen LogP contribution in [-0.4, -0.2) is 29.1 Å². The van der Waals surface area contributed by atoms with Crippen LogP contribution < -0.4 is 15.4 Å². The third kappa shape index (κ3) is 7.68. The SMILES string of the molecule is CCCOc1ncccc1CN=C(NCC)NCc1ccccn1.I. The van der Waals surface area contributed by atoms with Crippen LogP contribution in [-0.2, 0) is 13.1 Å². The van der Waals surface area contributed by atoms with Crippen LogP contribution in [0.15, 0.2) is 47.7 Å². The predicted molar refractivity (Wildman–Crippen MR) is 111 cm³/mol. The highest BCUT2D eigenvalue weighted by Gasteiger charge is 2.05. The summed E-state index contributed by atoms with van der Waals surface area (Å²) in [5.41, 5.74) is 1.94. The average Bonchev–Trinajstić information content (AvgIpc) is 2.64. The van der Waals surface area contributed by atoms with E-state index in [0.29, 0.717) is 25.6 Å². The first kappa shape index (κ1) is 21.1. The van der Waals surface area contributed by atoms with Crippen molar-refractivity contribution in [3.8, 4) is 5.88 Å². The first-order chi connectivity index (χ1) is 11.8. The van der Waals surface area contributed by atoms with E-state index in [1.54, 1.807) is 12.4 Å². The lowest BCUT2D eigenvalue weighted by Crippen LogP contribution is -2.37. The van der Waals surface area contributed by atoms with Crippen LogP contribution in [0.25, 0.3) is 0 Å². The number of guanidine groups is 1. The zero-order valence-electron chi connectivity index (χ0n) is 14.7. The predicted octanol–water partition coefficient (Wildman–Crippen LogP) is 3.14. The number of ether oxygens (including phenoxy) is 1. The van der Waals surface area contributed by atoms with E-state index in [-0.39, 0.29) is 24.0 Å². The lowest BCUT2D eigenvalue weighted by molar-refractivity contribution is 0.302. The average molecular weight is 455 g/mol. The van der Waals surface area contributed by atoms with Crippen molar-refractivity contribution in [3.63, 3.8) is 0 Å². The molecule has 2 heterocycles. The summed E-state index contributed by atoms with van der Waals surface area (Å²) >= 11 is 0. The van der Waals surface area contributed by atoms with Crippen LogP contribution >= 0.6 is 24.0 Å². The van der Waals surface area contributed by atoms with Gasteiger partial charge in [-0.05, 0) is 31.5 Å². The van der Waals surface area contributed by atoms with Gasteiger partial charge in [-0.3, -0.25) is 4.98 Å².